The highest BCUT2D eigenvalue weighted by atomic mass is 16.7. The number of ether oxygens (including phenoxy) is 3. The Hall–Kier alpha value is -2.70. The van der Waals surface area contributed by atoms with E-state index in [0.29, 0.717) is 23.1 Å². The van der Waals surface area contributed by atoms with Crippen molar-refractivity contribution in [2.24, 2.45) is 0 Å². The Kier molecular flexibility index (Phi) is 4.10. The van der Waals surface area contributed by atoms with Crippen molar-refractivity contribution in [3.8, 4) is 17.2 Å². The molecular weight excluding hydrogens is 300 g/mol. The molecule has 7 heteroatoms. The molecule has 3 rings (SSSR count). The van der Waals surface area contributed by atoms with Gasteiger partial charge in [-0.2, -0.15) is 0 Å². The van der Waals surface area contributed by atoms with Gasteiger partial charge in [-0.1, -0.05) is 0 Å². The van der Waals surface area contributed by atoms with Crippen molar-refractivity contribution < 1.29 is 23.4 Å². The summed E-state index contributed by atoms with van der Waals surface area (Å²) in [4.78, 5) is 17.9. The van der Waals surface area contributed by atoms with E-state index in [9.17, 15) is 4.79 Å². The van der Waals surface area contributed by atoms with Gasteiger partial charge in [0.15, 0.2) is 23.8 Å². The molecule has 0 saturated heterocycles. The summed E-state index contributed by atoms with van der Waals surface area (Å²) in [7, 11) is 1.73. The van der Waals surface area contributed by atoms with Crippen molar-refractivity contribution in [1.82, 2.24) is 9.88 Å². The van der Waals surface area contributed by atoms with Gasteiger partial charge in [0, 0.05) is 19.2 Å². The zero-order valence-electron chi connectivity index (χ0n) is 13.2. The number of hydrogen-bond acceptors (Lipinski definition) is 6. The molecule has 1 amide bonds. The lowest BCUT2D eigenvalue weighted by atomic mass is 10.3. The first kappa shape index (κ1) is 15.2. The molecule has 0 radical (unpaired) electrons. The van der Waals surface area contributed by atoms with Crippen LogP contribution in [-0.4, -0.2) is 35.7 Å². The molecule has 0 aliphatic carbocycles. The number of rotatable bonds is 5. The van der Waals surface area contributed by atoms with Crippen LogP contribution in [0.2, 0.25) is 0 Å². The van der Waals surface area contributed by atoms with E-state index in [1.54, 1.807) is 30.1 Å². The largest absolute Gasteiger partial charge is 0.484 e. The summed E-state index contributed by atoms with van der Waals surface area (Å²) in [5, 5.41) is 0. The molecule has 2 heterocycles. The second-order valence-corrected chi connectivity index (χ2v) is 5.44. The van der Waals surface area contributed by atoms with E-state index in [-0.39, 0.29) is 31.0 Å². The predicted octanol–water partition coefficient (Wildman–Crippen LogP) is 2.46. The fraction of sp³-hybridized carbons (Fsp3) is 0.375. The first-order valence-electron chi connectivity index (χ1n) is 7.28. The van der Waals surface area contributed by atoms with E-state index >= 15 is 0 Å². The summed E-state index contributed by atoms with van der Waals surface area (Å²) in [5.41, 5.74) is 0.269. The molecule has 1 aliphatic heterocycles. The molecule has 0 spiro atoms. The van der Waals surface area contributed by atoms with Crippen molar-refractivity contribution in [3.05, 3.63) is 36.0 Å². The van der Waals surface area contributed by atoms with Crippen LogP contribution in [0.3, 0.4) is 0 Å². The van der Waals surface area contributed by atoms with Crippen LogP contribution in [0.15, 0.2) is 28.9 Å². The lowest BCUT2D eigenvalue weighted by Gasteiger charge is -2.19. The van der Waals surface area contributed by atoms with E-state index in [1.165, 1.54) is 6.26 Å². The van der Waals surface area contributed by atoms with E-state index in [4.69, 9.17) is 18.6 Å². The minimum Gasteiger partial charge on any atom is -0.484 e. The smallest absolute Gasteiger partial charge is 0.275 e. The third-order valence-electron chi connectivity index (χ3n) is 3.57. The molecule has 2 aromatic rings. The van der Waals surface area contributed by atoms with Crippen molar-refractivity contribution in [1.29, 1.82) is 0 Å². The molecule has 122 valence electrons. The fourth-order valence-electron chi connectivity index (χ4n) is 2.00. The SMILES string of the molecule is CC(C)N(C)C(=O)c1coc(COc2ccc3c(c2)OCO3)n1. The molecule has 7 nitrogen and oxygen atoms in total. The quantitative estimate of drug-likeness (QED) is 0.843. The minimum absolute atomic E-state index is 0.0903. The van der Waals surface area contributed by atoms with Crippen LogP contribution in [0.1, 0.15) is 30.2 Å². The Morgan fingerprint density at radius 3 is 2.91 bits per heavy atom. The summed E-state index contributed by atoms with van der Waals surface area (Å²) >= 11 is 0. The Morgan fingerprint density at radius 1 is 1.35 bits per heavy atom. The lowest BCUT2D eigenvalue weighted by Crippen LogP contribution is -2.33. The molecule has 23 heavy (non-hydrogen) atoms. The first-order chi connectivity index (χ1) is 11.0. The Balaban J connectivity index is 1.62. The van der Waals surface area contributed by atoms with Gasteiger partial charge in [-0.3, -0.25) is 4.79 Å². The number of carbonyl (C=O) groups is 1. The van der Waals surface area contributed by atoms with Crippen LogP contribution in [0, 0.1) is 0 Å². The zero-order chi connectivity index (χ0) is 16.4. The van der Waals surface area contributed by atoms with Crippen LogP contribution < -0.4 is 14.2 Å². The Morgan fingerprint density at radius 2 is 2.13 bits per heavy atom. The number of amides is 1. The monoisotopic (exact) mass is 318 g/mol. The van der Waals surface area contributed by atoms with Crippen molar-refractivity contribution >= 4 is 5.91 Å². The molecule has 0 fully saturated rings. The highest BCUT2D eigenvalue weighted by molar-refractivity contribution is 5.91. The second kappa shape index (κ2) is 6.20. The van der Waals surface area contributed by atoms with Crippen LogP contribution in [0.4, 0.5) is 0 Å². The highest BCUT2D eigenvalue weighted by Crippen LogP contribution is 2.35. The standard InChI is InChI=1S/C16H18N2O5/c1-10(2)18(3)16(19)12-7-21-15(17-12)8-20-11-4-5-13-14(6-11)23-9-22-13/h4-7,10H,8-9H2,1-3H3. The number of aromatic nitrogens is 1. The zero-order valence-corrected chi connectivity index (χ0v) is 13.2. The van der Waals surface area contributed by atoms with Gasteiger partial charge < -0.3 is 23.5 Å². The van der Waals surface area contributed by atoms with Gasteiger partial charge in [-0.25, -0.2) is 4.98 Å². The maximum atomic E-state index is 12.1. The van der Waals surface area contributed by atoms with Gasteiger partial charge in [0.05, 0.1) is 0 Å². The maximum Gasteiger partial charge on any atom is 0.275 e. The van der Waals surface area contributed by atoms with Crippen LogP contribution in [0.25, 0.3) is 0 Å². The molecular formula is C16H18N2O5. The minimum atomic E-state index is -0.182. The normalized spacial score (nSPS) is 12.5. The van der Waals surface area contributed by atoms with Crippen molar-refractivity contribution in [3.63, 3.8) is 0 Å². The van der Waals surface area contributed by atoms with Gasteiger partial charge in [-0.15, -0.1) is 0 Å². The van der Waals surface area contributed by atoms with E-state index < -0.39 is 0 Å². The molecule has 0 unspecified atom stereocenters. The molecule has 0 atom stereocenters. The summed E-state index contributed by atoms with van der Waals surface area (Å²) in [6.07, 6.45) is 1.35. The maximum absolute atomic E-state index is 12.1. The van der Waals surface area contributed by atoms with Gasteiger partial charge in [0.2, 0.25) is 12.7 Å². The summed E-state index contributed by atoms with van der Waals surface area (Å²) in [6.45, 7) is 4.20. The number of benzene rings is 1. The first-order valence-corrected chi connectivity index (χ1v) is 7.28. The molecule has 1 aromatic heterocycles. The Bertz CT molecular complexity index is 710. The summed E-state index contributed by atoms with van der Waals surface area (Å²) in [6, 6.07) is 5.38. The fourth-order valence-corrected chi connectivity index (χ4v) is 2.00. The van der Waals surface area contributed by atoms with E-state index in [1.807, 2.05) is 13.8 Å². The van der Waals surface area contributed by atoms with Crippen LogP contribution >= 0.6 is 0 Å². The molecule has 0 N–H and O–H groups in total. The van der Waals surface area contributed by atoms with Crippen LogP contribution in [0.5, 0.6) is 17.2 Å². The molecule has 1 aliphatic rings. The van der Waals surface area contributed by atoms with Gasteiger partial charge in [0.1, 0.15) is 12.0 Å². The summed E-state index contributed by atoms with van der Waals surface area (Å²) in [5.74, 6) is 2.10. The van der Waals surface area contributed by atoms with Crippen molar-refractivity contribution in [2.75, 3.05) is 13.8 Å². The number of carbonyl (C=O) groups excluding carboxylic acids is 1. The topological polar surface area (TPSA) is 74.0 Å². The molecule has 1 aromatic carbocycles. The van der Waals surface area contributed by atoms with E-state index in [0.717, 1.165) is 0 Å². The van der Waals surface area contributed by atoms with Gasteiger partial charge in [-0.05, 0) is 26.0 Å². The lowest BCUT2D eigenvalue weighted by molar-refractivity contribution is 0.0749. The Labute approximate surface area is 133 Å². The summed E-state index contributed by atoms with van der Waals surface area (Å²) < 4.78 is 21.4. The number of hydrogen-bond donors (Lipinski definition) is 0. The van der Waals surface area contributed by atoms with E-state index in [2.05, 4.69) is 4.98 Å². The third kappa shape index (κ3) is 3.23. The molecule has 0 bridgehead atoms. The average molecular weight is 318 g/mol. The number of fused-ring (bicyclic) bond motifs is 1. The van der Waals surface area contributed by atoms with Crippen molar-refractivity contribution in [2.45, 2.75) is 26.5 Å². The predicted molar refractivity (Wildman–Crippen MR) is 80.6 cm³/mol. The number of oxazole rings is 1. The average Bonchev–Trinajstić information content (AvgIpc) is 3.19. The van der Waals surface area contributed by atoms with Gasteiger partial charge >= 0.3 is 0 Å². The number of nitrogens with zero attached hydrogens (tertiary/aromatic N) is 2. The van der Waals surface area contributed by atoms with Crippen LogP contribution in [-0.2, 0) is 6.61 Å². The highest BCUT2D eigenvalue weighted by Gasteiger charge is 2.19. The molecule has 0 saturated carbocycles. The van der Waals surface area contributed by atoms with Gasteiger partial charge in [0.25, 0.3) is 5.91 Å². The third-order valence-corrected chi connectivity index (χ3v) is 3.57. The second-order valence-electron chi connectivity index (χ2n) is 5.44.